The summed E-state index contributed by atoms with van der Waals surface area (Å²) in [5.41, 5.74) is 7.15. The van der Waals surface area contributed by atoms with Crippen LogP contribution in [0.15, 0.2) is 42.5 Å². The minimum Gasteiger partial charge on any atom is -0.490 e. The monoisotopic (exact) mass is 289 g/mol. The highest BCUT2D eigenvalue weighted by molar-refractivity contribution is 6.31. The summed E-state index contributed by atoms with van der Waals surface area (Å²) in [6.45, 7) is 3.83. The van der Waals surface area contributed by atoms with Gasteiger partial charge >= 0.3 is 0 Å². The van der Waals surface area contributed by atoms with Crippen LogP contribution in [0.5, 0.6) is 5.75 Å². The van der Waals surface area contributed by atoms with Crippen LogP contribution < -0.4 is 10.5 Å². The molecule has 2 N–H and O–H groups in total. The first-order valence-electron chi connectivity index (χ1n) is 6.34. The summed E-state index contributed by atoms with van der Waals surface area (Å²) in [6.07, 6.45) is -0.00786. The zero-order valence-electron chi connectivity index (χ0n) is 11.4. The number of carbonyl (C=O) groups is 1. The van der Waals surface area contributed by atoms with Crippen molar-refractivity contribution in [2.24, 2.45) is 0 Å². The number of hydrogen-bond donors (Lipinski definition) is 1. The Morgan fingerprint density at radius 1 is 1.15 bits per heavy atom. The third kappa shape index (κ3) is 3.11. The van der Waals surface area contributed by atoms with Gasteiger partial charge in [0.15, 0.2) is 5.78 Å². The van der Waals surface area contributed by atoms with Crippen LogP contribution in [0, 0.1) is 0 Å². The molecular weight excluding hydrogens is 274 g/mol. The number of benzene rings is 2. The van der Waals surface area contributed by atoms with Crippen molar-refractivity contribution in [1.29, 1.82) is 0 Å². The van der Waals surface area contributed by atoms with Crippen molar-refractivity contribution in [2.75, 3.05) is 5.73 Å². The highest BCUT2D eigenvalue weighted by Gasteiger charge is 2.17. The van der Waals surface area contributed by atoms with E-state index >= 15 is 0 Å². The first kappa shape index (κ1) is 14.4. The predicted molar refractivity (Wildman–Crippen MR) is 81.5 cm³/mol. The Bertz CT molecular complexity index is 638. The fourth-order valence-electron chi connectivity index (χ4n) is 1.90. The maximum Gasteiger partial charge on any atom is 0.198 e. The second-order valence-electron chi connectivity index (χ2n) is 4.72. The Hall–Kier alpha value is -2.00. The normalized spacial score (nSPS) is 10.6. The number of nitrogens with two attached hydrogens (primary N) is 1. The molecule has 0 bridgehead atoms. The van der Waals surface area contributed by atoms with E-state index in [0.29, 0.717) is 27.6 Å². The molecule has 0 aliphatic carbocycles. The van der Waals surface area contributed by atoms with E-state index in [4.69, 9.17) is 22.1 Å². The van der Waals surface area contributed by atoms with Gasteiger partial charge in [0.05, 0.1) is 11.7 Å². The van der Waals surface area contributed by atoms with Gasteiger partial charge in [0.2, 0.25) is 0 Å². The van der Waals surface area contributed by atoms with Crippen LogP contribution in [-0.4, -0.2) is 11.9 Å². The summed E-state index contributed by atoms with van der Waals surface area (Å²) in [5.74, 6) is 0.386. The molecule has 3 nitrogen and oxygen atoms in total. The lowest BCUT2D eigenvalue weighted by Crippen LogP contribution is -2.11. The summed E-state index contributed by atoms with van der Waals surface area (Å²) >= 11 is 5.85. The molecule has 104 valence electrons. The Balaban J connectivity index is 2.43. The van der Waals surface area contributed by atoms with E-state index in [1.165, 1.54) is 0 Å². The number of anilines is 1. The largest absolute Gasteiger partial charge is 0.490 e. The maximum atomic E-state index is 12.6. The average Bonchev–Trinajstić information content (AvgIpc) is 2.38. The molecule has 2 aromatic carbocycles. The lowest BCUT2D eigenvalue weighted by molar-refractivity contribution is 0.103. The molecule has 0 aliphatic heterocycles. The van der Waals surface area contributed by atoms with Crippen molar-refractivity contribution >= 4 is 23.1 Å². The van der Waals surface area contributed by atoms with E-state index in [2.05, 4.69) is 0 Å². The second-order valence-corrected chi connectivity index (χ2v) is 5.16. The van der Waals surface area contributed by atoms with Gasteiger partial charge in [-0.3, -0.25) is 4.79 Å². The number of halogens is 1. The zero-order chi connectivity index (χ0) is 14.7. The van der Waals surface area contributed by atoms with E-state index < -0.39 is 0 Å². The molecule has 2 aromatic rings. The van der Waals surface area contributed by atoms with E-state index in [1.54, 1.807) is 36.4 Å². The summed E-state index contributed by atoms with van der Waals surface area (Å²) in [6, 6.07) is 12.0. The van der Waals surface area contributed by atoms with Gasteiger partial charge in [-0.1, -0.05) is 23.7 Å². The van der Waals surface area contributed by atoms with Gasteiger partial charge in [-0.25, -0.2) is 0 Å². The molecule has 0 aliphatic rings. The second kappa shape index (κ2) is 5.97. The van der Waals surface area contributed by atoms with Gasteiger partial charge in [-0.15, -0.1) is 0 Å². The summed E-state index contributed by atoms with van der Waals surface area (Å²) < 4.78 is 5.66. The molecule has 0 amide bonds. The highest BCUT2D eigenvalue weighted by Crippen LogP contribution is 2.26. The molecule has 0 aromatic heterocycles. The van der Waals surface area contributed by atoms with E-state index in [-0.39, 0.29) is 11.9 Å². The van der Waals surface area contributed by atoms with Gasteiger partial charge < -0.3 is 10.5 Å². The first-order chi connectivity index (χ1) is 9.49. The number of para-hydroxylation sites is 1. The molecule has 4 heteroatoms. The van der Waals surface area contributed by atoms with Gasteiger partial charge in [0.1, 0.15) is 5.75 Å². The SMILES string of the molecule is CC(C)Oc1ccccc1C(=O)c1ccc(Cl)cc1N. The molecule has 20 heavy (non-hydrogen) atoms. The van der Waals surface area contributed by atoms with Gasteiger partial charge in [-0.2, -0.15) is 0 Å². The molecule has 0 saturated heterocycles. The molecular formula is C16H16ClNO2. The third-order valence-electron chi connectivity index (χ3n) is 2.75. The minimum absolute atomic E-state index is 0.00786. The van der Waals surface area contributed by atoms with Crippen molar-refractivity contribution in [3.8, 4) is 5.75 Å². The van der Waals surface area contributed by atoms with Gasteiger partial charge in [0, 0.05) is 16.3 Å². The summed E-state index contributed by atoms with van der Waals surface area (Å²) in [4.78, 5) is 12.6. The number of hydrogen-bond acceptors (Lipinski definition) is 3. The molecule has 0 spiro atoms. The topological polar surface area (TPSA) is 52.3 Å². The molecule has 0 radical (unpaired) electrons. The van der Waals surface area contributed by atoms with Crippen LogP contribution in [0.3, 0.4) is 0 Å². The van der Waals surface area contributed by atoms with Crippen molar-refractivity contribution < 1.29 is 9.53 Å². The standard InChI is InChI=1S/C16H16ClNO2/c1-10(2)20-15-6-4-3-5-13(15)16(19)12-8-7-11(17)9-14(12)18/h3-10H,18H2,1-2H3. The smallest absolute Gasteiger partial charge is 0.198 e. The fourth-order valence-corrected chi connectivity index (χ4v) is 2.08. The van der Waals surface area contributed by atoms with Crippen molar-refractivity contribution in [2.45, 2.75) is 20.0 Å². The number of ketones is 1. The van der Waals surface area contributed by atoms with E-state index in [0.717, 1.165) is 0 Å². The first-order valence-corrected chi connectivity index (χ1v) is 6.72. The number of nitrogen functional groups attached to an aromatic ring is 1. The number of rotatable bonds is 4. The summed E-state index contributed by atoms with van der Waals surface area (Å²) in [7, 11) is 0. The average molecular weight is 290 g/mol. The van der Waals surface area contributed by atoms with E-state index in [1.807, 2.05) is 19.9 Å². The molecule has 0 atom stereocenters. The Morgan fingerprint density at radius 2 is 1.85 bits per heavy atom. The van der Waals surface area contributed by atoms with Crippen molar-refractivity contribution in [3.63, 3.8) is 0 Å². The zero-order valence-corrected chi connectivity index (χ0v) is 12.1. The molecule has 2 rings (SSSR count). The molecule has 0 saturated carbocycles. The van der Waals surface area contributed by atoms with Crippen LogP contribution in [0.4, 0.5) is 5.69 Å². The predicted octanol–water partition coefficient (Wildman–Crippen LogP) is 3.94. The quantitative estimate of drug-likeness (QED) is 0.685. The van der Waals surface area contributed by atoms with Crippen LogP contribution in [0.25, 0.3) is 0 Å². The van der Waals surface area contributed by atoms with Gasteiger partial charge in [0.25, 0.3) is 0 Å². The highest BCUT2D eigenvalue weighted by atomic mass is 35.5. The Morgan fingerprint density at radius 3 is 2.50 bits per heavy atom. The number of carbonyl (C=O) groups excluding carboxylic acids is 1. The van der Waals surface area contributed by atoms with Crippen LogP contribution >= 0.6 is 11.6 Å². The van der Waals surface area contributed by atoms with Gasteiger partial charge in [-0.05, 0) is 44.2 Å². The Labute approximate surface area is 123 Å². The maximum absolute atomic E-state index is 12.6. The Kier molecular flexibility index (Phi) is 4.30. The molecule has 0 unspecified atom stereocenters. The lowest BCUT2D eigenvalue weighted by atomic mass is 10.0. The number of ether oxygens (including phenoxy) is 1. The molecule has 0 fully saturated rings. The molecule has 0 heterocycles. The van der Waals surface area contributed by atoms with E-state index in [9.17, 15) is 4.79 Å². The fraction of sp³-hybridized carbons (Fsp3) is 0.188. The minimum atomic E-state index is -0.171. The van der Waals surface area contributed by atoms with Crippen LogP contribution in [0.2, 0.25) is 5.02 Å². The van der Waals surface area contributed by atoms with Crippen molar-refractivity contribution in [1.82, 2.24) is 0 Å². The third-order valence-corrected chi connectivity index (χ3v) is 2.99. The lowest BCUT2D eigenvalue weighted by Gasteiger charge is -2.14. The van der Waals surface area contributed by atoms with Crippen LogP contribution in [0.1, 0.15) is 29.8 Å². The summed E-state index contributed by atoms with van der Waals surface area (Å²) in [5, 5.41) is 0.505. The van der Waals surface area contributed by atoms with Crippen LogP contribution in [-0.2, 0) is 0 Å². The van der Waals surface area contributed by atoms with Crippen molar-refractivity contribution in [3.05, 3.63) is 58.6 Å².